The first kappa shape index (κ1) is 15.6. The molecular weight excluding hydrogens is 262 g/mol. The van der Waals surface area contributed by atoms with E-state index in [1.165, 1.54) is 0 Å². The lowest BCUT2D eigenvalue weighted by atomic mass is 10.0. The third kappa shape index (κ3) is 4.07. The summed E-state index contributed by atoms with van der Waals surface area (Å²) in [6.07, 6.45) is 2.17. The highest BCUT2D eigenvalue weighted by molar-refractivity contribution is 5.96. The molecule has 1 amide bonds. The summed E-state index contributed by atoms with van der Waals surface area (Å²) >= 11 is 0. The molecule has 4 nitrogen and oxygen atoms in total. The Morgan fingerprint density at radius 3 is 3.05 bits per heavy atom. The largest absolute Gasteiger partial charge is 0.348 e. The van der Waals surface area contributed by atoms with Crippen LogP contribution in [-0.2, 0) is 0 Å². The van der Waals surface area contributed by atoms with Crippen LogP contribution in [0.4, 0.5) is 0 Å². The quantitative estimate of drug-likeness (QED) is 0.801. The van der Waals surface area contributed by atoms with E-state index in [-0.39, 0.29) is 11.9 Å². The van der Waals surface area contributed by atoms with Gasteiger partial charge in [0.2, 0.25) is 0 Å². The van der Waals surface area contributed by atoms with E-state index in [2.05, 4.69) is 29.1 Å². The Balaban J connectivity index is 2.12. The molecule has 1 atom stereocenters. The molecule has 1 heterocycles. The number of rotatable bonds is 2. The van der Waals surface area contributed by atoms with Crippen molar-refractivity contribution in [3.05, 3.63) is 34.9 Å². The molecule has 1 aromatic rings. The van der Waals surface area contributed by atoms with Crippen molar-refractivity contribution in [2.75, 3.05) is 26.7 Å². The van der Waals surface area contributed by atoms with Gasteiger partial charge in [0.15, 0.2) is 0 Å². The van der Waals surface area contributed by atoms with Crippen molar-refractivity contribution in [1.82, 2.24) is 10.2 Å². The van der Waals surface area contributed by atoms with E-state index < -0.39 is 0 Å². The zero-order chi connectivity index (χ0) is 15.2. The maximum Gasteiger partial charge on any atom is 0.251 e. The van der Waals surface area contributed by atoms with Crippen molar-refractivity contribution in [2.45, 2.75) is 25.8 Å². The van der Waals surface area contributed by atoms with Crippen LogP contribution in [0, 0.1) is 18.8 Å². The van der Waals surface area contributed by atoms with E-state index in [9.17, 15) is 4.79 Å². The number of carbonyl (C=O) groups is 1. The first-order chi connectivity index (χ1) is 10.1. The Morgan fingerprint density at radius 2 is 2.33 bits per heavy atom. The van der Waals surface area contributed by atoms with Crippen molar-refractivity contribution < 1.29 is 4.79 Å². The number of likely N-dealkylation sites (tertiary alicyclic amines) is 1. The number of benzene rings is 1. The monoisotopic (exact) mass is 285 g/mol. The zero-order valence-electron chi connectivity index (χ0n) is 12.8. The fraction of sp³-hybridized carbons (Fsp3) is 0.471. The van der Waals surface area contributed by atoms with Gasteiger partial charge < -0.3 is 16.0 Å². The van der Waals surface area contributed by atoms with Gasteiger partial charge in [-0.3, -0.25) is 4.79 Å². The molecule has 2 rings (SSSR count). The fourth-order valence-corrected chi connectivity index (χ4v) is 2.71. The predicted molar refractivity (Wildman–Crippen MR) is 85.1 cm³/mol. The number of hydrogen-bond donors (Lipinski definition) is 2. The molecule has 0 saturated carbocycles. The minimum Gasteiger partial charge on any atom is -0.348 e. The number of carbonyl (C=O) groups excluding carboxylic acids is 1. The second-order valence-corrected chi connectivity index (χ2v) is 5.56. The lowest BCUT2D eigenvalue weighted by Crippen LogP contribution is -2.46. The highest BCUT2D eigenvalue weighted by Crippen LogP contribution is 2.14. The summed E-state index contributed by atoms with van der Waals surface area (Å²) in [5, 5.41) is 3.14. The number of nitrogens with two attached hydrogens (primary N) is 1. The third-order valence-corrected chi connectivity index (χ3v) is 3.86. The zero-order valence-corrected chi connectivity index (χ0v) is 12.8. The molecule has 0 radical (unpaired) electrons. The predicted octanol–water partition coefficient (Wildman–Crippen LogP) is 1.13. The van der Waals surface area contributed by atoms with Crippen LogP contribution in [0.1, 0.15) is 34.3 Å². The number of amides is 1. The number of nitrogens with zero attached hydrogens (tertiary/aromatic N) is 1. The molecule has 1 aliphatic heterocycles. The summed E-state index contributed by atoms with van der Waals surface area (Å²) in [6.45, 7) is 4.28. The van der Waals surface area contributed by atoms with Crippen LogP contribution in [0.5, 0.6) is 0 Å². The van der Waals surface area contributed by atoms with E-state index in [1.54, 1.807) is 0 Å². The van der Waals surface area contributed by atoms with E-state index in [1.807, 2.05) is 25.1 Å². The Kier molecular flexibility index (Phi) is 5.38. The van der Waals surface area contributed by atoms with Gasteiger partial charge in [0, 0.05) is 23.7 Å². The molecule has 0 spiro atoms. The molecule has 1 unspecified atom stereocenters. The van der Waals surface area contributed by atoms with Gasteiger partial charge in [-0.25, -0.2) is 0 Å². The first-order valence-electron chi connectivity index (χ1n) is 7.39. The molecule has 3 N–H and O–H groups in total. The SMILES string of the molecule is Cc1c(C#CCN)cccc1C(=O)NC1CCCN(C)C1. The maximum absolute atomic E-state index is 12.5. The van der Waals surface area contributed by atoms with Crippen molar-refractivity contribution >= 4 is 5.91 Å². The Labute approximate surface area is 126 Å². The second kappa shape index (κ2) is 7.26. The van der Waals surface area contributed by atoms with E-state index in [0.717, 1.165) is 37.1 Å². The lowest BCUT2D eigenvalue weighted by molar-refractivity contribution is 0.0912. The molecule has 112 valence electrons. The average molecular weight is 285 g/mol. The van der Waals surface area contributed by atoms with Gasteiger partial charge in [0.1, 0.15) is 0 Å². The molecule has 1 aromatic carbocycles. The molecule has 1 saturated heterocycles. The summed E-state index contributed by atoms with van der Waals surface area (Å²) in [6, 6.07) is 5.87. The van der Waals surface area contributed by atoms with Crippen LogP contribution in [0.2, 0.25) is 0 Å². The van der Waals surface area contributed by atoms with Crippen LogP contribution in [0.25, 0.3) is 0 Å². The molecule has 21 heavy (non-hydrogen) atoms. The molecule has 1 fully saturated rings. The van der Waals surface area contributed by atoms with Gasteiger partial charge in [-0.1, -0.05) is 17.9 Å². The molecule has 1 aliphatic rings. The van der Waals surface area contributed by atoms with Crippen LogP contribution >= 0.6 is 0 Å². The minimum absolute atomic E-state index is 0.0100. The van der Waals surface area contributed by atoms with E-state index in [0.29, 0.717) is 12.1 Å². The van der Waals surface area contributed by atoms with Crippen LogP contribution in [0.15, 0.2) is 18.2 Å². The summed E-state index contributed by atoms with van der Waals surface area (Å²) in [5.74, 6) is 5.84. The van der Waals surface area contributed by atoms with Gasteiger partial charge in [-0.05, 0) is 51.1 Å². The van der Waals surface area contributed by atoms with Gasteiger partial charge >= 0.3 is 0 Å². The second-order valence-electron chi connectivity index (χ2n) is 5.56. The highest BCUT2D eigenvalue weighted by Gasteiger charge is 2.20. The summed E-state index contributed by atoms with van der Waals surface area (Å²) < 4.78 is 0. The topological polar surface area (TPSA) is 58.4 Å². The summed E-state index contributed by atoms with van der Waals surface area (Å²) in [5.41, 5.74) is 7.89. The van der Waals surface area contributed by atoms with Gasteiger partial charge in [0.25, 0.3) is 5.91 Å². The number of hydrogen-bond acceptors (Lipinski definition) is 3. The number of nitrogens with one attached hydrogen (secondary N) is 1. The van der Waals surface area contributed by atoms with Gasteiger partial charge in [0.05, 0.1) is 6.54 Å². The standard InChI is InChI=1S/C17H23N3O/c1-13-14(7-4-10-18)6-3-9-16(13)17(21)19-15-8-5-11-20(2)12-15/h3,6,9,15H,5,8,10-12,18H2,1-2H3,(H,19,21). The summed E-state index contributed by atoms with van der Waals surface area (Å²) in [7, 11) is 2.09. The van der Waals surface area contributed by atoms with Crippen LogP contribution in [-0.4, -0.2) is 43.5 Å². The fourth-order valence-electron chi connectivity index (χ4n) is 2.71. The van der Waals surface area contributed by atoms with Crippen molar-refractivity contribution in [3.8, 4) is 11.8 Å². The first-order valence-corrected chi connectivity index (χ1v) is 7.39. The summed E-state index contributed by atoms with van der Waals surface area (Å²) in [4.78, 5) is 14.7. The smallest absolute Gasteiger partial charge is 0.251 e. The van der Waals surface area contributed by atoms with Gasteiger partial charge in [-0.2, -0.15) is 0 Å². The minimum atomic E-state index is -0.0100. The van der Waals surface area contributed by atoms with Crippen LogP contribution < -0.4 is 11.1 Å². The molecule has 0 aromatic heterocycles. The maximum atomic E-state index is 12.5. The molecule has 0 bridgehead atoms. The molecule has 4 heteroatoms. The Hall–Kier alpha value is -1.83. The molecular formula is C17H23N3O. The average Bonchev–Trinajstić information content (AvgIpc) is 2.46. The van der Waals surface area contributed by atoms with Crippen molar-refractivity contribution in [1.29, 1.82) is 0 Å². The van der Waals surface area contributed by atoms with Crippen molar-refractivity contribution in [3.63, 3.8) is 0 Å². The molecule has 0 aliphatic carbocycles. The van der Waals surface area contributed by atoms with Crippen LogP contribution in [0.3, 0.4) is 0 Å². The number of piperidine rings is 1. The highest BCUT2D eigenvalue weighted by atomic mass is 16.1. The van der Waals surface area contributed by atoms with E-state index in [4.69, 9.17) is 5.73 Å². The van der Waals surface area contributed by atoms with Crippen molar-refractivity contribution in [2.24, 2.45) is 5.73 Å². The number of likely N-dealkylation sites (N-methyl/N-ethyl adjacent to an activating group) is 1. The Bertz CT molecular complexity index is 571. The Morgan fingerprint density at radius 1 is 1.52 bits per heavy atom. The normalized spacial score (nSPS) is 18.7. The van der Waals surface area contributed by atoms with Gasteiger partial charge in [-0.15, -0.1) is 0 Å². The third-order valence-electron chi connectivity index (χ3n) is 3.86. The van der Waals surface area contributed by atoms with E-state index >= 15 is 0 Å². The lowest BCUT2D eigenvalue weighted by Gasteiger charge is -2.30.